The zero-order chi connectivity index (χ0) is 17.4. The predicted molar refractivity (Wildman–Crippen MR) is 86.9 cm³/mol. The summed E-state index contributed by atoms with van der Waals surface area (Å²) in [4.78, 5) is 25.5. The SMILES string of the molecule is NCCCNc1c(O)cc(O)c2c1C(=O)c1cccc(O)c1C2=O. The van der Waals surface area contributed by atoms with Crippen molar-refractivity contribution in [2.45, 2.75) is 6.42 Å². The number of hydrogen-bond acceptors (Lipinski definition) is 7. The number of fused-ring (bicyclic) bond motifs is 2. The molecule has 0 radical (unpaired) electrons. The van der Waals surface area contributed by atoms with Gasteiger partial charge in [-0.15, -0.1) is 0 Å². The molecule has 0 saturated carbocycles. The largest absolute Gasteiger partial charge is 0.507 e. The topological polar surface area (TPSA) is 133 Å². The first-order valence-corrected chi connectivity index (χ1v) is 7.41. The summed E-state index contributed by atoms with van der Waals surface area (Å²) in [6.45, 7) is 0.799. The number of phenolic OH excluding ortho intramolecular Hbond substituents is 3. The van der Waals surface area contributed by atoms with Crippen LogP contribution in [0.5, 0.6) is 17.2 Å². The Hall–Kier alpha value is -3.06. The fourth-order valence-corrected chi connectivity index (χ4v) is 2.83. The average molecular weight is 328 g/mol. The number of phenols is 3. The molecule has 0 heterocycles. The van der Waals surface area contributed by atoms with Crippen LogP contribution in [0.2, 0.25) is 0 Å². The quantitative estimate of drug-likeness (QED) is 0.277. The molecule has 2 aromatic rings. The molecule has 1 aliphatic carbocycles. The Kier molecular flexibility index (Phi) is 3.86. The molecule has 0 atom stereocenters. The molecule has 3 rings (SSSR count). The van der Waals surface area contributed by atoms with Gasteiger partial charge in [0.1, 0.15) is 17.2 Å². The molecule has 0 spiro atoms. The van der Waals surface area contributed by atoms with Crippen LogP contribution in [-0.4, -0.2) is 40.0 Å². The number of nitrogens with one attached hydrogen (secondary N) is 1. The Morgan fingerprint density at radius 2 is 1.67 bits per heavy atom. The Morgan fingerprint density at radius 1 is 0.917 bits per heavy atom. The molecule has 0 bridgehead atoms. The Labute approximate surface area is 137 Å². The summed E-state index contributed by atoms with van der Waals surface area (Å²) in [5.74, 6) is -2.41. The maximum atomic E-state index is 12.8. The summed E-state index contributed by atoms with van der Waals surface area (Å²) in [7, 11) is 0. The number of carbonyl (C=O) groups is 2. The van der Waals surface area contributed by atoms with Crippen LogP contribution < -0.4 is 11.1 Å². The first kappa shape index (κ1) is 15.8. The Balaban J connectivity index is 2.23. The number of ketones is 2. The van der Waals surface area contributed by atoms with E-state index in [1.54, 1.807) is 0 Å². The zero-order valence-electron chi connectivity index (χ0n) is 12.7. The van der Waals surface area contributed by atoms with Crippen LogP contribution in [0.3, 0.4) is 0 Å². The molecule has 7 heteroatoms. The van der Waals surface area contributed by atoms with E-state index in [9.17, 15) is 24.9 Å². The first-order chi connectivity index (χ1) is 11.5. The van der Waals surface area contributed by atoms with E-state index in [0.717, 1.165) is 6.07 Å². The van der Waals surface area contributed by atoms with Crippen molar-refractivity contribution in [3.05, 3.63) is 46.5 Å². The second-order valence-corrected chi connectivity index (χ2v) is 5.47. The van der Waals surface area contributed by atoms with E-state index < -0.39 is 17.3 Å². The summed E-state index contributed by atoms with van der Waals surface area (Å²) in [5.41, 5.74) is 5.04. The lowest BCUT2D eigenvalue weighted by Gasteiger charge is -2.23. The molecule has 0 unspecified atom stereocenters. The molecule has 0 saturated heterocycles. The molecular weight excluding hydrogens is 312 g/mol. The van der Waals surface area contributed by atoms with Gasteiger partial charge in [0.2, 0.25) is 5.78 Å². The van der Waals surface area contributed by atoms with Gasteiger partial charge in [-0.05, 0) is 19.0 Å². The van der Waals surface area contributed by atoms with Crippen molar-refractivity contribution < 1.29 is 24.9 Å². The van der Waals surface area contributed by atoms with Crippen molar-refractivity contribution in [2.75, 3.05) is 18.4 Å². The molecule has 1 aliphatic rings. The molecule has 6 N–H and O–H groups in total. The summed E-state index contributed by atoms with van der Waals surface area (Å²) in [5, 5.41) is 33.0. The van der Waals surface area contributed by atoms with Crippen molar-refractivity contribution in [3.63, 3.8) is 0 Å². The van der Waals surface area contributed by atoms with E-state index in [1.807, 2.05) is 0 Å². The molecule has 124 valence electrons. The van der Waals surface area contributed by atoms with Crippen molar-refractivity contribution in [1.29, 1.82) is 0 Å². The number of anilines is 1. The van der Waals surface area contributed by atoms with Crippen molar-refractivity contribution >= 4 is 17.3 Å². The highest BCUT2D eigenvalue weighted by Crippen LogP contribution is 2.43. The minimum atomic E-state index is -0.669. The lowest BCUT2D eigenvalue weighted by Crippen LogP contribution is -2.23. The Morgan fingerprint density at radius 3 is 2.38 bits per heavy atom. The number of hydrogen-bond donors (Lipinski definition) is 5. The summed E-state index contributed by atoms with van der Waals surface area (Å²) < 4.78 is 0. The minimum Gasteiger partial charge on any atom is -0.507 e. The van der Waals surface area contributed by atoms with Crippen LogP contribution in [0.4, 0.5) is 5.69 Å². The van der Waals surface area contributed by atoms with Crippen LogP contribution in [-0.2, 0) is 0 Å². The van der Waals surface area contributed by atoms with E-state index >= 15 is 0 Å². The third kappa shape index (κ3) is 2.26. The van der Waals surface area contributed by atoms with Gasteiger partial charge in [-0.2, -0.15) is 0 Å². The van der Waals surface area contributed by atoms with Gasteiger partial charge in [0.25, 0.3) is 0 Å². The number of aromatic hydroxyl groups is 3. The normalized spacial score (nSPS) is 12.7. The third-order valence-electron chi connectivity index (χ3n) is 3.94. The second kappa shape index (κ2) is 5.86. The summed E-state index contributed by atoms with van der Waals surface area (Å²) in [6, 6.07) is 5.17. The highest BCUT2D eigenvalue weighted by atomic mass is 16.3. The average Bonchev–Trinajstić information content (AvgIpc) is 2.54. The molecule has 7 nitrogen and oxygen atoms in total. The van der Waals surface area contributed by atoms with E-state index in [-0.39, 0.29) is 39.4 Å². The number of carbonyl (C=O) groups excluding carboxylic acids is 2. The van der Waals surface area contributed by atoms with Crippen molar-refractivity contribution in [1.82, 2.24) is 0 Å². The van der Waals surface area contributed by atoms with Crippen LogP contribution >= 0.6 is 0 Å². The maximum absolute atomic E-state index is 12.8. The van der Waals surface area contributed by atoms with Crippen LogP contribution in [0, 0.1) is 0 Å². The highest BCUT2D eigenvalue weighted by molar-refractivity contribution is 6.32. The van der Waals surface area contributed by atoms with Gasteiger partial charge in [-0.25, -0.2) is 0 Å². The smallest absolute Gasteiger partial charge is 0.202 e. The van der Waals surface area contributed by atoms with Crippen LogP contribution in [0.25, 0.3) is 0 Å². The van der Waals surface area contributed by atoms with Gasteiger partial charge in [0.15, 0.2) is 5.78 Å². The van der Waals surface area contributed by atoms with Crippen LogP contribution in [0.1, 0.15) is 38.3 Å². The third-order valence-corrected chi connectivity index (χ3v) is 3.94. The first-order valence-electron chi connectivity index (χ1n) is 7.41. The Bertz CT molecular complexity index is 861. The van der Waals surface area contributed by atoms with Gasteiger partial charge in [0, 0.05) is 18.2 Å². The van der Waals surface area contributed by atoms with E-state index in [1.165, 1.54) is 18.2 Å². The fourth-order valence-electron chi connectivity index (χ4n) is 2.83. The summed E-state index contributed by atoms with van der Waals surface area (Å²) in [6.07, 6.45) is 0.592. The molecule has 2 aromatic carbocycles. The molecule has 0 aliphatic heterocycles. The van der Waals surface area contributed by atoms with Gasteiger partial charge < -0.3 is 26.4 Å². The number of benzene rings is 2. The van der Waals surface area contributed by atoms with E-state index in [0.29, 0.717) is 19.5 Å². The summed E-state index contributed by atoms with van der Waals surface area (Å²) >= 11 is 0. The van der Waals surface area contributed by atoms with Gasteiger partial charge in [-0.1, -0.05) is 12.1 Å². The van der Waals surface area contributed by atoms with Crippen LogP contribution in [0.15, 0.2) is 24.3 Å². The molecule has 24 heavy (non-hydrogen) atoms. The zero-order valence-corrected chi connectivity index (χ0v) is 12.7. The van der Waals surface area contributed by atoms with E-state index in [4.69, 9.17) is 5.73 Å². The molecular formula is C17H16N2O5. The monoisotopic (exact) mass is 328 g/mol. The number of rotatable bonds is 4. The molecule has 0 aromatic heterocycles. The van der Waals surface area contributed by atoms with Crippen molar-refractivity contribution in [2.24, 2.45) is 5.73 Å². The number of nitrogens with two attached hydrogens (primary N) is 1. The van der Waals surface area contributed by atoms with E-state index in [2.05, 4.69) is 5.32 Å². The molecule has 0 amide bonds. The van der Waals surface area contributed by atoms with Gasteiger partial charge in [0.05, 0.1) is 22.4 Å². The maximum Gasteiger partial charge on any atom is 0.202 e. The second-order valence-electron chi connectivity index (χ2n) is 5.47. The lowest BCUT2D eigenvalue weighted by molar-refractivity contribution is 0.0974. The minimum absolute atomic E-state index is 0.0272. The predicted octanol–water partition coefficient (Wildman–Crippen LogP) is 1.34. The highest BCUT2D eigenvalue weighted by Gasteiger charge is 2.37. The molecule has 0 fully saturated rings. The van der Waals surface area contributed by atoms with Gasteiger partial charge in [-0.3, -0.25) is 9.59 Å². The fraction of sp³-hybridized carbons (Fsp3) is 0.176. The van der Waals surface area contributed by atoms with Gasteiger partial charge >= 0.3 is 0 Å². The van der Waals surface area contributed by atoms with Crippen molar-refractivity contribution in [3.8, 4) is 17.2 Å². The standard InChI is InChI=1S/C17H16N2O5/c18-5-2-6-19-15-11(22)7-10(21)13-14(15)16(23)8-3-1-4-9(20)12(8)17(13)24/h1,3-4,7,19-22H,2,5-6,18H2. The lowest BCUT2D eigenvalue weighted by atomic mass is 9.82.